The zero-order valence-corrected chi connectivity index (χ0v) is 13.1. The van der Waals surface area contributed by atoms with Crippen LogP contribution in [0, 0.1) is 0 Å². The Balaban J connectivity index is 2.72. The van der Waals surface area contributed by atoms with E-state index in [0.29, 0.717) is 17.5 Å². The Morgan fingerprint density at radius 1 is 1.27 bits per heavy atom. The molecule has 0 radical (unpaired) electrons. The van der Waals surface area contributed by atoms with Crippen LogP contribution in [0.2, 0.25) is 0 Å². The third-order valence-corrected chi connectivity index (χ3v) is 5.45. The van der Waals surface area contributed by atoms with Crippen molar-refractivity contribution in [3.63, 3.8) is 0 Å². The molecule has 0 aliphatic heterocycles. The number of hydrogen-bond acceptors (Lipinski definition) is 3. The first-order valence-corrected chi connectivity index (χ1v) is 8.32. The van der Waals surface area contributed by atoms with Crippen molar-refractivity contribution in [2.24, 2.45) is 0 Å². The monoisotopic (exact) mass is 319 g/mol. The molecule has 0 saturated carbocycles. The maximum Gasteiger partial charge on any atom is 0.324 e. The fourth-order valence-corrected chi connectivity index (χ4v) is 4.18. The number of aliphatic carboxylic acids is 1. The molecule has 22 heavy (non-hydrogen) atoms. The molecule has 0 amide bonds. The fraction of sp³-hybridized carbons (Fsp3) is 0.250. The molecule has 2 rings (SSSR count). The SMILES string of the molecule is CCC(c1cccnc1)C(C(=O)O)(c1ccccc1)[PH](=O)O. The molecular weight excluding hydrogens is 301 g/mol. The van der Waals surface area contributed by atoms with Gasteiger partial charge in [-0.1, -0.05) is 43.3 Å². The lowest BCUT2D eigenvalue weighted by Crippen LogP contribution is -2.38. The predicted octanol–water partition coefficient (Wildman–Crippen LogP) is 3.02. The lowest BCUT2D eigenvalue weighted by molar-refractivity contribution is -0.141. The standard InChI is InChI=1S/C16H18NO4P/c1-2-14(12-7-6-10-17-11-12)16(15(18)19,22(20)21)13-8-4-3-5-9-13/h3-11,14,22H,2H2,1H3,(H,18,19)(H,20,21). The first-order chi connectivity index (χ1) is 10.5. The second-order valence-electron chi connectivity index (χ2n) is 5.03. The van der Waals surface area contributed by atoms with Crippen LogP contribution in [-0.2, 0) is 14.5 Å². The molecule has 0 saturated heterocycles. The van der Waals surface area contributed by atoms with Gasteiger partial charge in [-0.15, -0.1) is 0 Å². The quantitative estimate of drug-likeness (QED) is 0.799. The minimum atomic E-state index is -3.42. The molecule has 0 aliphatic carbocycles. The second-order valence-corrected chi connectivity index (χ2v) is 6.43. The van der Waals surface area contributed by atoms with E-state index < -0.39 is 25.1 Å². The predicted molar refractivity (Wildman–Crippen MR) is 84.2 cm³/mol. The molecule has 116 valence electrons. The molecule has 2 aromatic rings. The molecule has 0 spiro atoms. The number of hydrogen-bond donors (Lipinski definition) is 2. The van der Waals surface area contributed by atoms with Gasteiger partial charge in [-0.2, -0.15) is 0 Å². The van der Waals surface area contributed by atoms with E-state index in [4.69, 9.17) is 0 Å². The molecule has 2 N–H and O–H groups in total. The van der Waals surface area contributed by atoms with Gasteiger partial charge in [0, 0.05) is 18.3 Å². The molecule has 5 nitrogen and oxygen atoms in total. The van der Waals surface area contributed by atoms with E-state index in [1.165, 1.54) is 0 Å². The van der Waals surface area contributed by atoms with Gasteiger partial charge in [0.1, 0.15) is 0 Å². The van der Waals surface area contributed by atoms with Gasteiger partial charge < -0.3 is 10.00 Å². The van der Waals surface area contributed by atoms with Crippen LogP contribution in [0.1, 0.15) is 30.4 Å². The molecular formula is C16H18NO4P. The van der Waals surface area contributed by atoms with Crippen LogP contribution in [0.3, 0.4) is 0 Å². The molecule has 3 atom stereocenters. The summed E-state index contributed by atoms with van der Waals surface area (Å²) < 4.78 is 12.2. The van der Waals surface area contributed by atoms with Gasteiger partial charge in [-0.25, -0.2) is 0 Å². The third-order valence-electron chi connectivity index (χ3n) is 3.92. The second kappa shape index (κ2) is 6.86. The fourth-order valence-electron chi connectivity index (χ4n) is 2.91. The molecule has 0 aliphatic rings. The average Bonchev–Trinajstić information content (AvgIpc) is 2.53. The third kappa shape index (κ3) is 2.70. The van der Waals surface area contributed by atoms with Crippen molar-refractivity contribution < 1.29 is 19.4 Å². The van der Waals surface area contributed by atoms with Gasteiger partial charge in [0.2, 0.25) is 8.03 Å². The number of carboxylic acid groups (broad SMARTS) is 1. The Morgan fingerprint density at radius 2 is 1.95 bits per heavy atom. The summed E-state index contributed by atoms with van der Waals surface area (Å²) in [6, 6.07) is 11.7. The van der Waals surface area contributed by atoms with Crippen LogP contribution in [-0.4, -0.2) is 21.0 Å². The van der Waals surface area contributed by atoms with Crippen molar-refractivity contribution in [1.29, 1.82) is 0 Å². The van der Waals surface area contributed by atoms with E-state index in [1.54, 1.807) is 54.9 Å². The Bertz CT molecular complexity index is 646. The van der Waals surface area contributed by atoms with E-state index in [2.05, 4.69) is 4.98 Å². The van der Waals surface area contributed by atoms with Gasteiger partial charge in [-0.05, 0) is 23.6 Å². The van der Waals surface area contributed by atoms with Crippen molar-refractivity contribution in [2.45, 2.75) is 24.4 Å². The van der Waals surface area contributed by atoms with E-state index in [1.807, 2.05) is 6.92 Å². The van der Waals surface area contributed by atoms with Crippen LogP contribution < -0.4 is 0 Å². The van der Waals surface area contributed by atoms with E-state index in [-0.39, 0.29) is 0 Å². The lowest BCUT2D eigenvalue weighted by Gasteiger charge is -2.35. The summed E-state index contributed by atoms with van der Waals surface area (Å²) in [5, 5.41) is 8.00. The average molecular weight is 319 g/mol. The van der Waals surface area contributed by atoms with Crippen LogP contribution in [0.5, 0.6) is 0 Å². The number of rotatable bonds is 6. The van der Waals surface area contributed by atoms with Gasteiger partial charge in [0.05, 0.1) is 0 Å². The summed E-state index contributed by atoms with van der Waals surface area (Å²) in [5.74, 6) is -1.93. The van der Waals surface area contributed by atoms with Crippen LogP contribution in [0.15, 0.2) is 54.9 Å². The first-order valence-electron chi connectivity index (χ1n) is 6.97. The Labute approximate surface area is 129 Å². The van der Waals surface area contributed by atoms with Crippen LogP contribution in [0.4, 0.5) is 0 Å². The first kappa shape index (κ1) is 16.4. The summed E-state index contributed by atoms with van der Waals surface area (Å²) in [6.07, 6.45) is 3.55. The van der Waals surface area contributed by atoms with Crippen molar-refractivity contribution >= 4 is 14.0 Å². The minimum absolute atomic E-state index is 0.338. The Kier molecular flexibility index (Phi) is 5.11. The van der Waals surface area contributed by atoms with Crippen molar-refractivity contribution in [3.8, 4) is 0 Å². The van der Waals surface area contributed by atoms with Gasteiger partial charge in [-0.3, -0.25) is 14.3 Å². The summed E-state index contributed by atoms with van der Waals surface area (Å²) in [5.41, 5.74) is 0.980. The number of carbonyl (C=O) groups is 1. The van der Waals surface area contributed by atoms with Crippen molar-refractivity contribution in [2.75, 3.05) is 0 Å². The normalized spacial score (nSPS) is 16.5. The molecule has 1 aromatic carbocycles. The van der Waals surface area contributed by atoms with Gasteiger partial charge >= 0.3 is 5.97 Å². The molecule has 6 heteroatoms. The maximum atomic E-state index is 12.2. The van der Waals surface area contributed by atoms with Crippen molar-refractivity contribution in [1.82, 2.24) is 4.98 Å². The summed E-state index contributed by atoms with van der Waals surface area (Å²) in [7, 11) is -3.42. The topological polar surface area (TPSA) is 87.5 Å². The number of aromatic nitrogens is 1. The highest BCUT2D eigenvalue weighted by molar-refractivity contribution is 7.41. The summed E-state index contributed by atoms with van der Waals surface area (Å²) >= 11 is 0. The molecule has 1 aromatic heterocycles. The Hall–Kier alpha value is -1.97. The van der Waals surface area contributed by atoms with E-state index >= 15 is 0 Å². The molecule has 3 unspecified atom stereocenters. The van der Waals surface area contributed by atoms with E-state index in [9.17, 15) is 19.4 Å². The van der Waals surface area contributed by atoms with Crippen LogP contribution in [0.25, 0.3) is 0 Å². The zero-order valence-electron chi connectivity index (χ0n) is 12.1. The highest BCUT2D eigenvalue weighted by Gasteiger charge is 2.52. The number of benzene rings is 1. The highest BCUT2D eigenvalue weighted by atomic mass is 31.1. The summed E-state index contributed by atoms with van der Waals surface area (Å²) in [6.45, 7) is 1.81. The van der Waals surface area contributed by atoms with E-state index in [0.717, 1.165) is 0 Å². The molecule has 0 fully saturated rings. The van der Waals surface area contributed by atoms with Gasteiger partial charge in [0.25, 0.3) is 0 Å². The lowest BCUT2D eigenvalue weighted by atomic mass is 9.79. The van der Waals surface area contributed by atoms with Crippen LogP contribution >= 0.6 is 8.03 Å². The van der Waals surface area contributed by atoms with Crippen molar-refractivity contribution in [3.05, 3.63) is 66.0 Å². The number of carboxylic acids is 1. The largest absolute Gasteiger partial charge is 0.480 e. The Morgan fingerprint density at radius 3 is 2.41 bits per heavy atom. The molecule has 1 heterocycles. The summed E-state index contributed by atoms with van der Waals surface area (Å²) in [4.78, 5) is 26.1. The smallest absolute Gasteiger partial charge is 0.324 e. The number of pyridine rings is 1. The number of nitrogens with zero attached hydrogens (tertiary/aromatic N) is 1. The maximum absolute atomic E-state index is 12.2. The molecule has 0 bridgehead atoms. The highest BCUT2D eigenvalue weighted by Crippen LogP contribution is 2.55. The minimum Gasteiger partial charge on any atom is -0.480 e. The zero-order chi connectivity index (χ0) is 16.2. The van der Waals surface area contributed by atoms with Gasteiger partial charge in [0.15, 0.2) is 5.16 Å².